The maximum absolute atomic E-state index is 11.9. The van der Waals surface area contributed by atoms with Gasteiger partial charge >= 0.3 is 12.1 Å². The Kier molecular flexibility index (Phi) is 6.82. The second kappa shape index (κ2) is 8.90. The number of carbonyl (C=O) groups excluding carboxylic acids is 1. The number of carboxylic acid groups (broad SMARTS) is 1. The molecule has 1 saturated heterocycles. The molecule has 154 valence electrons. The minimum atomic E-state index is -1.25. The van der Waals surface area contributed by atoms with Crippen molar-refractivity contribution in [3.8, 4) is 0 Å². The molecule has 0 saturated carbocycles. The van der Waals surface area contributed by atoms with Gasteiger partial charge in [0.1, 0.15) is 17.3 Å². The van der Waals surface area contributed by atoms with Crippen LogP contribution in [0.15, 0.2) is 18.2 Å². The molecule has 9 nitrogen and oxygen atoms in total. The van der Waals surface area contributed by atoms with Crippen molar-refractivity contribution in [2.45, 2.75) is 58.1 Å². The van der Waals surface area contributed by atoms with Crippen LogP contribution in [0.2, 0.25) is 0 Å². The topological polar surface area (TPSA) is 122 Å². The summed E-state index contributed by atoms with van der Waals surface area (Å²) in [7, 11) is 0. The number of nitro benzene ring substituents is 1. The smallest absolute Gasteiger partial charge is 0.408 e. The fourth-order valence-corrected chi connectivity index (χ4v) is 3.13. The van der Waals surface area contributed by atoms with E-state index in [1.165, 1.54) is 6.07 Å². The monoisotopic (exact) mass is 393 g/mol. The maximum atomic E-state index is 11.9. The lowest BCUT2D eigenvalue weighted by Crippen LogP contribution is -2.44. The first-order valence-corrected chi connectivity index (χ1v) is 9.31. The Morgan fingerprint density at radius 3 is 2.46 bits per heavy atom. The fourth-order valence-electron chi connectivity index (χ4n) is 3.13. The Morgan fingerprint density at radius 2 is 1.93 bits per heavy atom. The van der Waals surface area contributed by atoms with Crippen LogP contribution in [0.4, 0.5) is 16.2 Å². The number of nitro groups is 1. The third-order valence-corrected chi connectivity index (χ3v) is 4.36. The van der Waals surface area contributed by atoms with E-state index in [2.05, 4.69) is 5.32 Å². The molecule has 1 aliphatic heterocycles. The number of nitrogens with one attached hydrogen (secondary N) is 1. The Bertz CT molecular complexity index is 738. The second-order valence-corrected chi connectivity index (χ2v) is 7.87. The predicted molar refractivity (Wildman–Crippen MR) is 104 cm³/mol. The molecule has 1 heterocycles. The summed E-state index contributed by atoms with van der Waals surface area (Å²) in [5.74, 6) is -1.24. The zero-order valence-corrected chi connectivity index (χ0v) is 16.4. The summed E-state index contributed by atoms with van der Waals surface area (Å²) in [6.45, 7) is 6.54. The van der Waals surface area contributed by atoms with Crippen LogP contribution in [0.1, 0.15) is 45.6 Å². The van der Waals surface area contributed by atoms with Gasteiger partial charge in [-0.15, -0.1) is 0 Å². The van der Waals surface area contributed by atoms with E-state index < -0.39 is 28.6 Å². The standard InChI is InChI=1S/C19H27N3O6/c1-19(2,3)28-18(25)20-14(17(23)24)11-13-7-8-15(16(12-13)22(26)27)21-9-5-4-6-10-21/h7-8,12,14H,4-6,9-11H2,1-3H3,(H,20,25)(H,23,24). The molecule has 0 radical (unpaired) electrons. The number of alkyl carbamates (subject to hydrolysis) is 1. The summed E-state index contributed by atoms with van der Waals surface area (Å²) in [5, 5.41) is 23.3. The number of ether oxygens (including phenoxy) is 1. The van der Waals surface area contributed by atoms with Gasteiger partial charge in [0.25, 0.3) is 5.69 Å². The fraction of sp³-hybridized carbons (Fsp3) is 0.579. The van der Waals surface area contributed by atoms with Gasteiger partial charge in [0.2, 0.25) is 0 Å². The van der Waals surface area contributed by atoms with Gasteiger partial charge in [0.15, 0.2) is 0 Å². The van der Waals surface area contributed by atoms with Gasteiger partial charge in [0, 0.05) is 25.6 Å². The van der Waals surface area contributed by atoms with Crippen LogP contribution in [-0.2, 0) is 16.0 Å². The first-order valence-electron chi connectivity index (χ1n) is 9.31. The number of anilines is 1. The van der Waals surface area contributed by atoms with Crippen LogP contribution < -0.4 is 10.2 Å². The van der Waals surface area contributed by atoms with Crippen molar-refractivity contribution >= 4 is 23.4 Å². The summed E-state index contributed by atoms with van der Waals surface area (Å²) < 4.78 is 5.09. The van der Waals surface area contributed by atoms with E-state index in [0.29, 0.717) is 11.3 Å². The Morgan fingerprint density at radius 1 is 1.29 bits per heavy atom. The van der Waals surface area contributed by atoms with Gasteiger partial charge in [-0.1, -0.05) is 6.07 Å². The zero-order chi connectivity index (χ0) is 20.9. The third kappa shape index (κ3) is 6.11. The molecule has 9 heteroatoms. The van der Waals surface area contributed by atoms with Crippen molar-refractivity contribution in [3.05, 3.63) is 33.9 Å². The van der Waals surface area contributed by atoms with Gasteiger partial charge in [-0.05, 0) is 51.7 Å². The highest BCUT2D eigenvalue weighted by Crippen LogP contribution is 2.31. The minimum absolute atomic E-state index is 0.0548. The largest absolute Gasteiger partial charge is 0.480 e. The molecule has 1 atom stereocenters. The summed E-state index contributed by atoms with van der Waals surface area (Å²) in [4.78, 5) is 36.5. The molecule has 0 aliphatic carbocycles. The number of carbonyl (C=O) groups is 2. The lowest BCUT2D eigenvalue weighted by molar-refractivity contribution is -0.384. The Hall–Kier alpha value is -2.84. The van der Waals surface area contributed by atoms with Crippen molar-refractivity contribution in [2.24, 2.45) is 0 Å². The Labute approximate surface area is 163 Å². The Balaban J connectivity index is 2.18. The van der Waals surface area contributed by atoms with Gasteiger partial charge in [-0.25, -0.2) is 9.59 Å². The molecule has 2 N–H and O–H groups in total. The molecule has 28 heavy (non-hydrogen) atoms. The molecule has 1 unspecified atom stereocenters. The van der Waals surface area contributed by atoms with Crippen molar-refractivity contribution in [1.29, 1.82) is 0 Å². The van der Waals surface area contributed by atoms with Gasteiger partial charge in [-0.2, -0.15) is 0 Å². The van der Waals surface area contributed by atoms with Gasteiger partial charge in [-0.3, -0.25) is 10.1 Å². The predicted octanol–water partition coefficient (Wildman–Crippen LogP) is 3.11. The quantitative estimate of drug-likeness (QED) is 0.562. The van der Waals surface area contributed by atoms with Crippen LogP contribution in [0.5, 0.6) is 0 Å². The molecule has 0 bridgehead atoms. The van der Waals surface area contributed by atoms with Crippen LogP contribution in [0.3, 0.4) is 0 Å². The summed E-state index contributed by atoms with van der Waals surface area (Å²) in [6.07, 6.45) is 2.15. The number of hydrogen-bond acceptors (Lipinski definition) is 6. The zero-order valence-electron chi connectivity index (χ0n) is 16.4. The average molecular weight is 393 g/mol. The highest BCUT2D eigenvalue weighted by molar-refractivity contribution is 5.80. The highest BCUT2D eigenvalue weighted by atomic mass is 16.6. The third-order valence-electron chi connectivity index (χ3n) is 4.36. The molecule has 2 rings (SSSR count). The highest BCUT2D eigenvalue weighted by Gasteiger charge is 2.26. The maximum Gasteiger partial charge on any atom is 0.408 e. The normalized spacial score (nSPS) is 15.6. The molecular weight excluding hydrogens is 366 g/mol. The molecule has 0 spiro atoms. The number of nitrogens with zero attached hydrogens (tertiary/aromatic N) is 2. The average Bonchev–Trinajstić information content (AvgIpc) is 2.60. The number of benzene rings is 1. The van der Waals surface area contributed by atoms with E-state index in [-0.39, 0.29) is 12.1 Å². The lowest BCUT2D eigenvalue weighted by Gasteiger charge is -2.28. The number of rotatable bonds is 6. The molecule has 1 aliphatic rings. The second-order valence-electron chi connectivity index (χ2n) is 7.87. The number of piperidine rings is 1. The van der Waals surface area contributed by atoms with E-state index in [4.69, 9.17) is 4.74 Å². The lowest BCUT2D eigenvalue weighted by atomic mass is 10.0. The molecule has 1 fully saturated rings. The van der Waals surface area contributed by atoms with Gasteiger partial charge in [0.05, 0.1) is 4.92 Å². The van der Waals surface area contributed by atoms with E-state index in [0.717, 1.165) is 32.4 Å². The number of aliphatic carboxylic acids is 1. The molecule has 1 aromatic carbocycles. The molecule has 0 aromatic heterocycles. The van der Waals surface area contributed by atoms with Crippen LogP contribution in [0.25, 0.3) is 0 Å². The first-order chi connectivity index (χ1) is 13.1. The van der Waals surface area contributed by atoms with E-state index in [1.807, 2.05) is 4.90 Å². The van der Waals surface area contributed by atoms with E-state index in [9.17, 15) is 24.8 Å². The molecule has 1 amide bonds. The number of hydrogen-bond donors (Lipinski definition) is 2. The van der Waals surface area contributed by atoms with Crippen LogP contribution in [0, 0.1) is 10.1 Å². The SMILES string of the molecule is CC(C)(C)OC(=O)NC(Cc1ccc(N2CCCCC2)c([N+](=O)[O-])c1)C(=O)O. The summed E-state index contributed by atoms with van der Waals surface area (Å²) in [5.41, 5.74) is 0.180. The summed E-state index contributed by atoms with van der Waals surface area (Å²) in [6, 6.07) is 3.46. The van der Waals surface area contributed by atoms with Crippen molar-refractivity contribution < 1.29 is 24.4 Å². The van der Waals surface area contributed by atoms with Crippen molar-refractivity contribution in [3.63, 3.8) is 0 Å². The van der Waals surface area contributed by atoms with Crippen LogP contribution >= 0.6 is 0 Å². The van der Waals surface area contributed by atoms with Crippen LogP contribution in [-0.4, -0.2) is 46.8 Å². The summed E-state index contributed by atoms with van der Waals surface area (Å²) >= 11 is 0. The van der Waals surface area contributed by atoms with Gasteiger partial charge < -0.3 is 20.1 Å². The minimum Gasteiger partial charge on any atom is -0.480 e. The van der Waals surface area contributed by atoms with Crippen molar-refractivity contribution in [2.75, 3.05) is 18.0 Å². The number of carboxylic acids is 1. The van der Waals surface area contributed by atoms with Crippen molar-refractivity contribution in [1.82, 2.24) is 5.32 Å². The number of amides is 1. The van der Waals surface area contributed by atoms with E-state index >= 15 is 0 Å². The molecular formula is C19H27N3O6. The first kappa shape index (κ1) is 21.5. The molecule has 1 aromatic rings. The van der Waals surface area contributed by atoms with E-state index in [1.54, 1.807) is 32.9 Å².